The molecule has 7 heteroatoms. The Morgan fingerprint density at radius 3 is 2.59 bits per heavy atom. The van der Waals surface area contributed by atoms with E-state index in [0.29, 0.717) is 18.6 Å². The molecule has 1 aliphatic heterocycles. The molecule has 0 spiro atoms. The first-order valence-electron chi connectivity index (χ1n) is 10.5. The molecule has 1 amide bonds. The average molecular weight is 431 g/mol. The predicted octanol–water partition coefficient (Wildman–Crippen LogP) is 3.34. The molecular weight excluding hydrogens is 404 g/mol. The second-order valence-corrected chi connectivity index (χ2v) is 7.77. The number of phenols is 1. The van der Waals surface area contributed by atoms with Crippen molar-refractivity contribution in [3.05, 3.63) is 95.1 Å². The number of para-hydroxylation sites is 1. The fraction of sp³-hybridized carbons (Fsp3) is 0.200. The smallest absolute Gasteiger partial charge is 0.258 e. The van der Waals surface area contributed by atoms with E-state index in [9.17, 15) is 9.90 Å². The number of nitrogens with one attached hydrogen (secondary N) is 3. The first-order chi connectivity index (χ1) is 15.6. The Bertz CT molecular complexity index is 1080. The third-order valence-electron chi connectivity index (χ3n) is 5.34. The van der Waals surface area contributed by atoms with Crippen LogP contribution in [0.15, 0.2) is 77.9 Å². The van der Waals surface area contributed by atoms with Gasteiger partial charge in [-0.25, -0.2) is 16.3 Å². The van der Waals surface area contributed by atoms with Crippen LogP contribution >= 0.6 is 0 Å². The number of nitrogens with zero attached hydrogens (tertiary/aromatic N) is 1. The fourth-order valence-electron chi connectivity index (χ4n) is 3.43. The third kappa shape index (κ3) is 5.51. The highest BCUT2D eigenvalue weighted by Crippen LogP contribution is 2.25. The number of carbonyl (C=O) groups excluding carboxylic acids is 1. The number of hydrazine groups is 1. The minimum Gasteiger partial charge on any atom is -0.507 e. The van der Waals surface area contributed by atoms with Crippen molar-refractivity contribution in [1.82, 2.24) is 16.3 Å². The van der Waals surface area contributed by atoms with Gasteiger partial charge in [0, 0.05) is 11.6 Å². The molecule has 0 radical (unpaired) electrons. The Morgan fingerprint density at radius 1 is 1.09 bits per heavy atom. The number of aryl methyl sites for hydroxylation is 1. The highest BCUT2D eigenvalue weighted by atomic mass is 16.5. The van der Waals surface area contributed by atoms with E-state index < -0.39 is 6.04 Å². The first kappa shape index (κ1) is 21.5. The van der Waals surface area contributed by atoms with E-state index >= 15 is 0 Å². The number of amides is 1. The van der Waals surface area contributed by atoms with Gasteiger partial charge in [-0.1, -0.05) is 54.1 Å². The second-order valence-electron chi connectivity index (χ2n) is 7.77. The Balaban J connectivity index is 1.26. The SMILES string of the molecule is Cc1ccc(COc2ccc(C3CC(C(=O)N/N=C/c4ccccc4O)NN3)cc2)cc1. The van der Waals surface area contributed by atoms with Crippen LogP contribution in [0.1, 0.15) is 34.7 Å². The zero-order valence-electron chi connectivity index (χ0n) is 17.8. The molecule has 1 heterocycles. The molecule has 2 unspecified atom stereocenters. The van der Waals surface area contributed by atoms with Crippen molar-refractivity contribution in [2.75, 3.05) is 0 Å². The molecule has 7 nitrogen and oxygen atoms in total. The minimum atomic E-state index is -0.418. The van der Waals surface area contributed by atoms with Crippen LogP contribution in [0.2, 0.25) is 0 Å². The van der Waals surface area contributed by atoms with Crippen LogP contribution in [0, 0.1) is 6.92 Å². The van der Waals surface area contributed by atoms with Gasteiger partial charge in [0.1, 0.15) is 24.1 Å². The Labute approximate surface area is 187 Å². The van der Waals surface area contributed by atoms with E-state index in [-0.39, 0.29) is 17.7 Å². The van der Waals surface area contributed by atoms with Crippen molar-refractivity contribution in [3.8, 4) is 11.5 Å². The van der Waals surface area contributed by atoms with Gasteiger partial charge in [-0.05, 0) is 48.7 Å². The number of hydrazone groups is 1. The molecule has 164 valence electrons. The molecule has 1 aliphatic rings. The molecule has 3 aromatic carbocycles. The Kier molecular flexibility index (Phi) is 6.79. The number of rotatable bonds is 7. The highest BCUT2D eigenvalue weighted by Gasteiger charge is 2.30. The van der Waals surface area contributed by atoms with Gasteiger partial charge in [-0.2, -0.15) is 5.10 Å². The normalized spacial score (nSPS) is 18.0. The number of ether oxygens (including phenoxy) is 1. The lowest BCUT2D eigenvalue weighted by molar-refractivity contribution is -0.122. The molecule has 0 aromatic heterocycles. The highest BCUT2D eigenvalue weighted by molar-refractivity contribution is 5.86. The van der Waals surface area contributed by atoms with Crippen molar-refractivity contribution < 1.29 is 14.6 Å². The molecule has 4 N–H and O–H groups in total. The Hall–Kier alpha value is -3.68. The zero-order chi connectivity index (χ0) is 22.3. The predicted molar refractivity (Wildman–Crippen MR) is 123 cm³/mol. The molecule has 1 fully saturated rings. The van der Waals surface area contributed by atoms with Gasteiger partial charge in [0.2, 0.25) is 0 Å². The summed E-state index contributed by atoms with van der Waals surface area (Å²) >= 11 is 0. The van der Waals surface area contributed by atoms with Gasteiger partial charge in [-0.3, -0.25) is 4.79 Å². The maximum Gasteiger partial charge on any atom is 0.258 e. The summed E-state index contributed by atoms with van der Waals surface area (Å²) in [4.78, 5) is 12.4. The van der Waals surface area contributed by atoms with Gasteiger partial charge in [-0.15, -0.1) is 0 Å². The summed E-state index contributed by atoms with van der Waals surface area (Å²) in [5, 5.41) is 13.7. The van der Waals surface area contributed by atoms with Crippen LogP contribution in [-0.4, -0.2) is 23.3 Å². The van der Waals surface area contributed by atoms with E-state index in [2.05, 4.69) is 52.6 Å². The second kappa shape index (κ2) is 10.1. The fourth-order valence-corrected chi connectivity index (χ4v) is 3.43. The first-order valence-corrected chi connectivity index (χ1v) is 10.5. The monoisotopic (exact) mass is 430 g/mol. The summed E-state index contributed by atoms with van der Waals surface area (Å²) < 4.78 is 5.86. The molecule has 0 bridgehead atoms. The molecule has 32 heavy (non-hydrogen) atoms. The largest absolute Gasteiger partial charge is 0.507 e. The lowest BCUT2D eigenvalue weighted by Crippen LogP contribution is -2.41. The average Bonchev–Trinajstić information content (AvgIpc) is 3.31. The molecule has 1 saturated heterocycles. The van der Waals surface area contributed by atoms with Crippen LogP contribution in [0.5, 0.6) is 11.5 Å². The summed E-state index contributed by atoms with van der Waals surface area (Å²) in [6, 6.07) is 22.5. The van der Waals surface area contributed by atoms with Gasteiger partial charge in [0.25, 0.3) is 5.91 Å². The summed E-state index contributed by atoms with van der Waals surface area (Å²) in [6.07, 6.45) is 2.00. The van der Waals surface area contributed by atoms with Crippen molar-refractivity contribution in [2.24, 2.45) is 5.10 Å². The van der Waals surface area contributed by atoms with E-state index in [1.54, 1.807) is 24.3 Å². The quantitative estimate of drug-likeness (QED) is 0.341. The Morgan fingerprint density at radius 2 is 1.84 bits per heavy atom. The molecule has 0 saturated carbocycles. The summed E-state index contributed by atoms with van der Waals surface area (Å²) in [5.74, 6) is 0.662. The van der Waals surface area contributed by atoms with Gasteiger partial charge < -0.3 is 9.84 Å². The van der Waals surface area contributed by atoms with Crippen molar-refractivity contribution in [3.63, 3.8) is 0 Å². The molecule has 0 aliphatic carbocycles. The van der Waals surface area contributed by atoms with E-state index in [4.69, 9.17) is 4.74 Å². The maximum absolute atomic E-state index is 12.4. The van der Waals surface area contributed by atoms with Gasteiger partial charge in [0.15, 0.2) is 0 Å². The zero-order valence-corrected chi connectivity index (χ0v) is 17.8. The number of benzene rings is 3. The van der Waals surface area contributed by atoms with E-state index in [0.717, 1.165) is 16.9 Å². The van der Waals surface area contributed by atoms with Crippen LogP contribution in [0.3, 0.4) is 0 Å². The number of aromatic hydroxyl groups is 1. The number of hydrogen-bond acceptors (Lipinski definition) is 6. The van der Waals surface area contributed by atoms with Gasteiger partial charge >= 0.3 is 0 Å². The van der Waals surface area contributed by atoms with E-state index in [1.165, 1.54) is 11.8 Å². The van der Waals surface area contributed by atoms with E-state index in [1.807, 2.05) is 24.3 Å². The lowest BCUT2D eigenvalue weighted by atomic mass is 10.0. The molecule has 3 aromatic rings. The minimum absolute atomic E-state index is 0.000883. The van der Waals surface area contributed by atoms with Crippen molar-refractivity contribution in [2.45, 2.75) is 32.0 Å². The van der Waals surface area contributed by atoms with Gasteiger partial charge in [0.05, 0.1) is 6.21 Å². The van der Waals surface area contributed by atoms with Crippen LogP contribution in [0.25, 0.3) is 0 Å². The number of hydrogen-bond donors (Lipinski definition) is 4. The molecule has 4 rings (SSSR count). The molecular formula is C25H26N4O3. The number of phenolic OH excluding ortho intramolecular Hbond substituents is 1. The van der Waals surface area contributed by atoms with Crippen LogP contribution < -0.4 is 21.0 Å². The third-order valence-corrected chi connectivity index (χ3v) is 5.34. The van der Waals surface area contributed by atoms with Crippen LogP contribution in [0.4, 0.5) is 0 Å². The summed E-state index contributed by atoms with van der Waals surface area (Å²) in [6.45, 7) is 2.58. The van der Waals surface area contributed by atoms with Crippen LogP contribution in [-0.2, 0) is 11.4 Å². The number of carbonyl (C=O) groups is 1. The topological polar surface area (TPSA) is 95.0 Å². The standard InChI is InChI=1S/C25H26N4O3/c1-17-6-8-18(9-7-17)16-32-21-12-10-19(11-13-21)22-14-23(28-27-22)25(31)29-26-15-20-4-2-3-5-24(20)30/h2-13,15,22-23,27-28,30H,14,16H2,1H3,(H,29,31)/b26-15+. The lowest BCUT2D eigenvalue weighted by Gasteiger charge is -2.11. The van der Waals surface area contributed by atoms with Crippen molar-refractivity contribution in [1.29, 1.82) is 0 Å². The maximum atomic E-state index is 12.4. The molecule has 2 atom stereocenters. The van der Waals surface area contributed by atoms with Crippen molar-refractivity contribution >= 4 is 12.1 Å². The summed E-state index contributed by atoms with van der Waals surface area (Å²) in [5.41, 5.74) is 12.6. The summed E-state index contributed by atoms with van der Waals surface area (Å²) in [7, 11) is 0.